The highest BCUT2D eigenvalue weighted by molar-refractivity contribution is 6.08. The van der Waals surface area contributed by atoms with Crippen LogP contribution in [0.5, 0.6) is 5.75 Å². The van der Waals surface area contributed by atoms with Gasteiger partial charge in [0.2, 0.25) is 0 Å². The first-order valence-corrected chi connectivity index (χ1v) is 10.2. The Morgan fingerprint density at radius 1 is 0.906 bits per heavy atom. The first-order valence-electron chi connectivity index (χ1n) is 10.2. The number of methoxy groups -OCH3 is 1. The van der Waals surface area contributed by atoms with Crippen LogP contribution in [0.15, 0.2) is 78.9 Å². The zero-order valence-corrected chi connectivity index (χ0v) is 17.7. The Kier molecular flexibility index (Phi) is 8.19. The first kappa shape index (κ1) is 22.8. The second kappa shape index (κ2) is 11.5. The molecule has 0 saturated heterocycles. The standard InChI is InChI=1S/C27H24O5/c1-31-25(27(29)30)19-21-12-10-20(11-13-21)7-5-6-18-32-24-16-14-23(15-17-24)26(28)22-8-3-2-4-9-22/h2-4,8-17,25H,6,18-19H2,1H3,(H,29,30)/p-1/t25-/m0/s1. The number of ether oxygens (including phenoxy) is 2. The predicted octanol–water partition coefficient (Wildman–Crippen LogP) is 3.05. The molecule has 0 spiro atoms. The third-order valence-corrected chi connectivity index (χ3v) is 4.80. The Balaban J connectivity index is 1.46. The topological polar surface area (TPSA) is 75.7 Å². The third kappa shape index (κ3) is 6.56. The SMILES string of the molecule is CO[C@@H](Cc1ccc(C#CCCOc2ccc(C(=O)c3ccccc3)cc2)cc1)C(=O)[O-]. The molecule has 0 N–H and O–H groups in total. The number of hydrogen-bond acceptors (Lipinski definition) is 5. The van der Waals surface area contributed by atoms with Crippen LogP contribution in [0.25, 0.3) is 0 Å². The van der Waals surface area contributed by atoms with Gasteiger partial charge in [0.1, 0.15) is 11.9 Å². The summed E-state index contributed by atoms with van der Waals surface area (Å²) < 4.78 is 10.6. The smallest absolute Gasteiger partial charge is 0.193 e. The van der Waals surface area contributed by atoms with Crippen molar-refractivity contribution in [2.75, 3.05) is 13.7 Å². The largest absolute Gasteiger partial charge is 0.547 e. The van der Waals surface area contributed by atoms with Gasteiger partial charge in [0.05, 0.1) is 12.6 Å². The highest BCUT2D eigenvalue weighted by atomic mass is 16.5. The van der Waals surface area contributed by atoms with Crippen molar-refractivity contribution in [3.8, 4) is 17.6 Å². The highest BCUT2D eigenvalue weighted by Gasteiger charge is 2.09. The molecule has 0 radical (unpaired) electrons. The van der Waals surface area contributed by atoms with Crippen LogP contribution in [0.4, 0.5) is 0 Å². The summed E-state index contributed by atoms with van der Waals surface area (Å²) in [4.78, 5) is 23.3. The molecule has 5 heteroatoms. The molecular formula is C27H23O5-. The molecule has 0 aliphatic rings. The number of benzene rings is 3. The Morgan fingerprint density at radius 3 is 2.19 bits per heavy atom. The number of carboxylic acid groups (broad SMARTS) is 1. The minimum atomic E-state index is -1.23. The summed E-state index contributed by atoms with van der Waals surface area (Å²) in [6.45, 7) is 0.429. The summed E-state index contributed by atoms with van der Waals surface area (Å²) in [7, 11) is 1.35. The lowest BCUT2D eigenvalue weighted by Crippen LogP contribution is -2.38. The molecule has 0 heterocycles. The van der Waals surface area contributed by atoms with Crippen LogP contribution in [0.3, 0.4) is 0 Å². The molecule has 0 aromatic heterocycles. The summed E-state index contributed by atoms with van der Waals surface area (Å²) in [5, 5.41) is 10.9. The lowest BCUT2D eigenvalue weighted by molar-refractivity contribution is -0.315. The quantitative estimate of drug-likeness (QED) is 0.298. The van der Waals surface area contributed by atoms with E-state index in [9.17, 15) is 14.7 Å². The number of rotatable bonds is 9. The molecule has 0 aliphatic carbocycles. The molecule has 0 aliphatic heterocycles. The monoisotopic (exact) mass is 427 g/mol. The molecule has 0 amide bonds. The van der Waals surface area contributed by atoms with Gasteiger partial charge in [-0.3, -0.25) is 4.79 Å². The Hall–Kier alpha value is -3.88. The van der Waals surface area contributed by atoms with E-state index in [0.717, 1.165) is 11.1 Å². The molecule has 0 unspecified atom stereocenters. The van der Waals surface area contributed by atoms with Crippen molar-refractivity contribution < 1.29 is 24.2 Å². The lowest BCUT2D eigenvalue weighted by atomic mass is 10.0. The van der Waals surface area contributed by atoms with E-state index in [1.165, 1.54) is 7.11 Å². The number of ketones is 1. The summed E-state index contributed by atoms with van der Waals surface area (Å²) in [5.41, 5.74) is 2.94. The molecule has 0 fully saturated rings. The third-order valence-electron chi connectivity index (χ3n) is 4.80. The molecule has 3 aromatic carbocycles. The average molecular weight is 427 g/mol. The van der Waals surface area contributed by atoms with Crippen molar-refractivity contribution >= 4 is 11.8 Å². The van der Waals surface area contributed by atoms with Crippen LogP contribution >= 0.6 is 0 Å². The number of carbonyl (C=O) groups excluding carboxylic acids is 2. The van der Waals surface area contributed by atoms with E-state index in [2.05, 4.69) is 11.8 Å². The molecule has 1 atom stereocenters. The van der Waals surface area contributed by atoms with Gasteiger partial charge in [0.15, 0.2) is 5.78 Å². The Labute approximate surface area is 187 Å². The minimum Gasteiger partial charge on any atom is -0.547 e. The van der Waals surface area contributed by atoms with Gasteiger partial charge in [-0.15, -0.1) is 0 Å². The van der Waals surface area contributed by atoms with Crippen molar-refractivity contribution in [3.63, 3.8) is 0 Å². The normalized spacial score (nSPS) is 11.2. The average Bonchev–Trinajstić information content (AvgIpc) is 2.83. The summed E-state index contributed by atoms with van der Waals surface area (Å²) in [6, 6.07) is 23.6. The van der Waals surface area contributed by atoms with Crippen LogP contribution in [0.2, 0.25) is 0 Å². The van der Waals surface area contributed by atoms with Gasteiger partial charge < -0.3 is 19.4 Å². The van der Waals surface area contributed by atoms with Crippen molar-refractivity contribution in [1.82, 2.24) is 0 Å². The predicted molar refractivity (Wildman–Crippen MR) is 119 cm³/mol. The summed E-state index contributed by atoms with van der Waals surface area (Å²) in [5.74, 6) is 5.54. The van der Waals surface area contributed by atoms with Gasteiger partial charge in [0.25, 0.3) is 0 Å². The minimum absolute atomic E-state index is 0.0218. The van der Waals surface area contributed by atoms with E-state index < -0.39 is 12.1 Å². The lowest BCUT2D eigenvalue weighted by Gasteiger charge is -2.15. The maximum atomic E-state index is 12.4. The van der Waals surface area contributed by atoms with Gasteiger partial charge >= 0.3 is 0 Å². The number of carbonyl (C=O) groups is 2. The zero-order chi connectivity index (χ0) is 22.8. The van der Waals surface area contributed by atoms with Gasteiger partial charge in [-0.1, -0.05) is 54.3 Å². The van der Waals surface area contributed by atoms with Crippen molar-refractivity contribution in [2.45, 2.75) is 18.9 Å². The van der Waals surface area contributed by atoms with Crippen molar-refractivity contribution in [3.05, 3.63) is 101 Å². The van der Waals surface area contributed by atoms with Crippen LogP contribution in [0.1, 0.15) is 33.5 Å². The van der Waals surface area contributed by atoms with Crippen LogP contribution in [0, 0.1) is 11.8 Å². The summed E-state index contributed by atoms with van der Waals surface area (Å²) >= 11 is 0. The van der Waals surface area contributed by atoms with Gasteiger partial charge in [-0.05, 0) is 42.0 Å². The number of carboxylic acids is 1. The molecule has 3 rings (SSSR count). The van der Waals surface area contributed by atoms with E-state index in [-0.39, 0.29) is 12.2 Å². The fraction of sp³-hybridized carbons (Fsp3) is 0.185. The maximum Gasteiger partial charge on any atom is 0.193 e. The number of aliphatic carboxylic acids is 1. The van der Waals surface area contributed by atoms with Crippen LogP contribution < -0.4 is 9.84 Å². The maximum absolute atomic E-state index is 12.4. The van der Waals surface area contributed by atoms with Gasteiger partial charge in [0, 0.05) is 36.6 Å². The van der Waals surface area contributed by atoms with E-state index >= 15 is 0 Å². The van der Waals surface area contributed by atoms with Crippen molar-refractivity contribution in [2.24, 2.45) is 0 Å². The fourth-order valence-corrected chi connectivity index (χ4v) is 3.04. The molecule has 32 heavy (non-hydrogen) atoms. The Bertz CT molecular complexity index is 1090. The second-order valence-electron chi connectivity index (χ2n) is 7.06. The number of hydrogen-bond donors (Lipinski definition) is 0. The molecule has 162 valence electrons. The Morgan fingerprint density at radius 2 is 1.56 bits per heavy atom. The van der Waals surface area contributed by atoms with Crippen molar-refractivity contribution in [1.29, 1.82) is 0 Å². The highest BCUT2D eigenvalue weighted by Crippen LogP contribution is 2.15. The molecule has 0 bridgehead atoms. The second-order valence-corrected chi connectivity index (χ2v) is 7.06. The molecule has 5 nitrogen and oxygen atoms in total. The van der Waals surface area contributed by atoms with Crippen LogP contribution in [-0.2, 0) is 16.0 Å². The van der Waals surface area contributed by atoms with E-state index in [1.807, 2.05) is 42.5 Å². The molecule has 3 aromatic rings. The van der Waals surface area contributed by atoms with Gasteiger partial charge in [-0.2, -0.15) is 0 Å². The van der Waals surface area contributed by atoms with Crippen LogP contribution in [-0.4, -0.2) is 31.6 Å². The zero-order valence-electron chi connectivity index (χ0n) is 17.7. The fourth-order valence-electron chi connectivity index (χ4n) is 3.04. The van der Waals surface area contributed by atoms with E-state index in [4.69, 9.17) is 9.47 Å². The first-order chi connectivity index (χ1) is 15.6. The van der Waals surface area contributed by atoms with E-state index in [0.29, 0.717) is 29.9 Å². The molecule has 0 saturated carbocycles. The van der Waals surface area contributed by atoms with Gasteiger partial charge in [-0.25, -0.2) is 0 Å². The van der Waals surface area contributed by atoms with E-state index in [1.54, 1.807) is 36.4 Å². The summed E-state index contributed by atoms with van der Waals surface area (Å²) in [6.07, 6.45) is -0.173. The molecular weight excluding hydrogens is 404 g/mol.